The van der Waals surface area contributed by atoms with Crippen LogP contribution in [0.3, 0.4) is 0 Å². The van der Waals surface area contributed by atoms with Crippen LogP contribution < -0.4 is 4.74 Å². The molecule has 2 nitrogen and oxygen atoms in total. The molecule has 1 unspecified atom stereocenters. The van der Waals surface area contributed by atoms with Gasteiger partial charge in [0.25, 0.3) is 11.9 Å². The van der Waals surface area contributed by atoms with Gasteiger partial charge >= 0.3 is 0 Å². The molecular weight excluding hydrogens is 262 g/mol. The second-order valence-corrected chi connectivity index (χ2v) is 4.43. The maximum Gasteiger partial charge on any atom is 0.255 e. The molecule has 1 atom stereocenters. The van der Waals surface area contributed by atoms with E-state index in [0.29, 0.717) is 6.42 Å². The van der Waals surface area contributed by atoms with E-state index in [9.17, 15) is 17.6 Å². The van der Waals surface area contributed by atoms with E-state index in [-0.39, 0.29) is 0 Å². The van der Waals surface area contributed by atoms with E-state index in [0.717, 1.165) is 25.7 Å². The van der Waals surface area contributed by atoms with Crippen molar-refractivity contribution in [2.75, 3.05) is 0 Å². The number of rotatable bonds is 7. The number of aromatic nitrogens is 1. The van der Waals surface area contributed by atoms with Gasteiger partial charge in [-0.25, -0.2) is 0 Å². The van der Waals surface area contributed by atoms with Crippen molar-refractivity contribution in [3.05, 3.63) is 23.5 Å². The molecule has 1 heterocycles. The van der Waals surface area contributed by atoms with Gasteiger partial charge in [0.15, 0.2) is 0 Å². The number of ether oxygens (including phenoxy) is 1. The van der Waals surface area contributed by atoms with E-state index < -0.39 is 35.4 Å². The number of nitrogens with zero attached hydrogens (tertiary/aromatic N) is 1. The Kier molecular flexibility index (Phi) is 6.05. The molecule has 0 aliphatic heterocycles. The summed E-state index contributed by atoms with van der Waals surface area (Å²) in [5.74, 6) is -7.63. The van der Waals surface area contributed by atoms with Crippen molar-refractivity contribution in [1.82, 2.24) is 4.98 Å². The monoisotopic (exact) mass is 279 g/mol. The van der Waals surface area contributed by atoms with Crippen LogP contribution in [0.15, 0.2) is 0 Å². The quantitative estimate of drug-likeness (QED) is 0.420. The van der Waals surface area contributed by atoms with Crippen LogP contribution in [0.4, 0.5) is 17.6 Å². The molecule has 0 saturated heterocycles. The van der Waals surface area contributed by atoms with Crippen LogP contribution in [0, 0.1) is 23.5 Å². The summed E-state index contributed by atoms with van der Waals surface area (Å²) < 4.78 is 57.2. The minimum atomic E-state index is -1.70. The summed E-state index contributed by atoms with van der Waals surface area (Å²) in [6.45, 7) is 3.66. The van der Waals surface area contributed by atoms with Gasteiger partial charge in [-0.2, -0.15) is 22.5 Å². The molecule has 108 valence electrons. The van der Waals surface area contributed by atoms with E-state index in [2.05, 4.69) is 11.9 Å². The molecule has 0 radical (unpaired) electrons. The number of hydrogen-bond acceptors (Lipinski definition) is 2. The molecule has 19 heavy (non-hydrogen) atoms. The third-order valence-electron chi connectivity index (χ3n) is 2.74. The van der Waals surface area contributed by atoms with Crippen LogP contribution in [0.25, 0.3) is 0 Å². The second-order valence-electron chi connectivity index (χ2n) is 4.43. The average molecular weight is 279 g/mol. The van der Waals surface area contributed by atoms with Crippen molar-refractivity contribution in [2.24, 2.45) is 0 Å². The first-order valence-electron chi connectivity index (χ1n) is 6.34. The molecule has 1 rings (SSSR count). The molecular formula is C13H17F4NO. The normalized spacial score (nSPS) is 12.5. The zero-order valence-electron chi connectivity index (χ0n) is 11.0. The fourth-order valence-electron chi connectivity index (χ4n) is 1.69. The molecule has 0 N–H and O–H groups in total. The molecule has 0 saturated carbocycles. The van der Waals surface area contributed by atoms with Crippen molar-refractivity contribution in [2.45, 2.75) is 52.1 Å². The molecule has 0 spiro atoms. The van der Waals surface area contributed by atoms with Gasteiger partial charge in [0.05, 0.1) is 6.10 Å². The van der Waals surface area contributed by atoms with Crippen LogP contribution in [-0.2, 0) is 0 Å². The van der Waals surface area contributed by atoms with Gasteiger partial charge in [-0.1, -0.05) is 26.2 Å². The Morgan fingerprint density at radius 3 is 2.11 bits per heavy atom. The van der Waals surface area contributed by atoms with E-state index in [4.69, 9.17) is 4.74 Å². The van der Waals surface area contributed by atoms with Crippen LogP contribution in [0.5, 0.6) is 5.75 Å². The van der Waals surface area contributed by atoms with E-state index in [1.807, 2.05) is 0 Å². The molecule has 0 amide bonds. The lowest BCUT2D eigenvalue weighted by molar-refractivity contribution is 0.180. The van der Waals surface area contributed by atoms with Gasteiger partial charge in [-0.15, -0.1) is 0 Å². The molecule has 0 aliphatic rings. The number of halogens is 4. The van der Waals surface area contributed by atoms with Gasteiger partial charge in [-0.05, 0) is 19.8 Å². The summed E-state index contributed by atoms with van der Waals surface area (Å²) in [5, 5.41) is 0. The van der Waals surface area contributed by atoms with Gasteiger partial charge in [0.2, 0.25) is 17.4 Å². The zero-order chi connectivity index (χ0) is 14.4. The standard InChI is InChI=1S/C13H17F4NO/c1-3-4-5-6-7-8(2)19-11-9(14)12(16)18-13(17)10(11)15/h8H,3-7H2,1-2H3. The van der Waals surface area contributed by atoms with Crippen molar-refractivity contribution in [1.29, 1.82) is 0 Å². The summed E-state index contributed by atoms with van der Waals surface area (Å²) in [5.41, 5.74) is 0. The lowest BCUT2D eigenvalue weighted by Gasteiger charge is -2.15. The van der Waals surface area contributed by atoms with Crippen LogP contribution in [-0.4, -0.2) is 11.1 Å². The summed E-state index contributed by atoms with van der Waals surface area (Å²) in [7, 11) is 0. The minimum absolute atomic E-state index is 0.526. The Bertz CT molecular complexity index is 399. The second kappa shape index (κ2) is 7.31. The Morgan fingerprint density at radius 2 is 1.58 bits per heavy atom. The number of unbranched alkanes of at least 4 members (excludes halogenated alkanes) is 3. The summed E-state index contributed by atoms with van der Waals surface area (Å²) in [6, 6.07) is 0. The largest absolute Gasteiger partial charge is 0.484 e. The van der Waals surface area contributed by atoms with Crippen LogP contribution in [0.2, 0.25) is 0 Å². The lowest BCUT2D eigenvalue weighted by atomic mass is 10.1. The van der Waals surface area contributed by atoms with E-state index >= 15 is 0 Å². The predicted octanol–water partition coefficient (Wildman–Crippen LogP) is 4.38. The fourth-order valence-corrected chi connectivity index (χ4v) is 1.69. The fraction of sp³-hybridized carbons (Fsp3) is 0.615. The zero-order valence-corrected chi connectivity index (χ0v) is 11.0. The van der Waals surface area contributed by atoms with Crippen molar-refractivity contribution >= 4 is 0 Å². The van der Waals surface area contributed by atoms with E-state index in [1.165, 1.54) is 0 Å². The minimum Gasteiger partial charge on any atom is -0.484 e. The summed E-state index contributed by atoms with van der Waals surface area (Å²) in [6.07, 6.45) is 3.97. The van der Waals surface area contributed by atoms with Gasteiger partial charge in [0.1, 0.15) is 0 Å². The Labute approximate surface area is 109 Å². The van der Waals surface area contributed by atoms with Crippen molar-refractivity contribution in [3.63, 3.8) is 0 Å². The third-order valence-corrected chi connectivity index (χ3v) is 2.74. The Hall–Kier alpha value is -1.33. The van der Waals surface area contributed by atoms with Crippen LogP contribution in [0.1, 0.15) is 46.0 Å². The molecule has 0 bridgehead atoms. The topological polar surface area (TPSA) is 22.1 Å². The Morgan fingerprint density at radius 1 is 1.00 bits per heavy atom. The predicted molar refractivity (Wildman–Crippen MR) is 62.9 cm³/mol. The highest BCUT2D eigenvalue weighted by atomic mass is 19.2. The summed E-state index contributed by atoms with van der Waals surface area (Å²) in [4.78, 5) is 2.46. The highest BCUT2D eigenvalue weighted by molar-refractivity contribution is 5.24. The smallest absolute Gasteiger partial charge is 0.255 e. The molecule has 0 aliphatic carbocycles. The number of pyridine rings is 1. The summed E-state index contributed by atoms with van der Waals surface area (Å²) >= 11 is 0. The highest BCUT2D eigenvalue weighted by Crippen LogP contribution is 2.26. The van der Waals surface area contributed by atoms with Gasteiger partial charge in [0, 0.05) is 0 Å². The lowest BCUT2D eigenvalue weighted by Crippen LogP contribution is -2.15. The SMILES string of the molecule is CCCCCCC(C)Oc1c(F)c(F)nc(F)c1F. The first-order chi connectivity index (χ1) is 8.97. The molecule has 6 heteroatoms. The van der Waals surface area contributed by atoms with Crippen LogP contribution >= 0.6 is 0 Å². The molecule has 0 aromatic carbocycles. The highest BCUT2D eigenvalue weighted by Gasteiger charge is 2.23. The number of hydrogen-bond donors (Lipinski definition) is 0. The maximum absolute atomic E-state index is 13.3. The van der Waals surface area contributed by atoms with Gasteiger partial charge in [-0.3, -0.25) is 0 Å². The van der Waals surface area contributed by atoms with Crippen molar-refractivity contribution < 1.29 is 22.3 Å². The van der Waals surface area contributed by atoms with Gasteiger partial charge < -0.3 is 4.74 Å². The average Bonchev–Trinajstić information content (AvgIpc) is 2.37. The molecule has 0 fully saturated rings. The first-order valence-corrected chi connectivity index (χ1v) is 6.34. The third kappa shape index (κ3) is 4.36. The molecule has 1 aromatic rings. The van der Waals surface area contributed by atoms with Crippen molar-refractivity contribution in [3.8, 4) is 5.75 Å². The Balaban J connectivity index is 2.66. The van der Waals surface area contributed by atoms with E-state index in [1.54, 1.807) is 6.92 Å². The maximum atomic E-state index is 13.3. The molecule has 1 aromatic heterocycles. The first kappa shape index (κ1) is 15.7.